The molecular formula is C13H23NO2. The van der Waals surface area contributed by atoms with E-state index >= 15 is 0 Å². The molecule has 2 fully saturated rings. The highest BCUT2D eigenvalue weighted by molar-refractivity contribution is 5.80. The van der Waals surface area contributed by atoms with Gasteiger partial charge in [0.25, 0.3) is 0 Å². The molecule has 1 aliphatic carbocycles. The highest BCUT2D eigenvalue weighted by atomic mass is 16.5. The van der Waals surface area contributed by atoms with Gasteiger partial charge in [-0.15, -0.1) is 0 Å². The van der Waals surface area contributed by atoms with Crippen LogP contribution in [0.3, 0.4) is 0 Å². The third-order valence-corrected chi connectivity index (χ3v) is 3.71. The molecule has 0 aromatic carbocycles. The van der Waals surface area contributed by atoms with Crippen molar-refractivity contribution >= 4 is 5.78 Å². The van der Waals surface area contributed by atoms with Crippen LogP contribution in [0.25, 0.3) is 0 Å². The van der Waals surface area contributed by atoms with Crippen molar-refractivity contribution in [1.82, 2.24) is 5.32 Å². The van der Waals surface area contributed by atoms with Gasteiger partial charge in [0.2, 0.25) is 0 Å². The molecule has 16 heavy (non-hydrogen) atoms. The Morgan fingerprint density at radius 2 is 2.00 bits per heavy atom. The summed E-state index contributed by atoms with van der Waals surface area (Å²) in [4.78, 5) is 11.6. The first-order valence-electron chi connectivity index (χ1n) is 6.71. The summed E-state index contributed by atoms with van der Waals surface area (Å²) in [5.74, 6) is 0.349. The van der Waals surface area contributed by atoms with Crippen LogP contribution >= 0.6 is 0 Å². The molecule has 92 valence electrons. The molecule has 1 saturated carbocycles. The summed E-state index contributed by atoms with van der Waals surface area (Å²) >= 11 is 0. The van der Waals surface area contributed by atoms with Crippen molar-refractivity contribution in [3.8, 4) is 0 Å². The molecule has 0 spiro atoms. The van der Waals surface area contributed by atoms with Crippen molar-refractivity contribution in [2.24, 2.45) is 0 Å². The number of nitrogens with one attached hydrogen (secondary N) is 1. The Kier molecular flexibility index (Phi) is 4.79. The molecule has 1 N–H and O–H groups in total. The maximum atomic E-state index is 11.6. The molecule has 2 rings (SSSR count). The Balaban J connectivity index is 1.53. The summed E-state index contributed by atoms with van der Waals surface area (Å²) in [6.45, 7) is 1.45. The third kappa shape index (κ3) is 3.87. The maximum Gasteiger partial charge on any atom is 0.146 e. The molecular weight excluding hydrogens is 202 g/mol. The monoisotopic (exact) mass is 225 g/mol. The van der Waals surface area contributed by atoms with Gasteiger partial charge in [-0.25, -0.2) is 0 Å². The SMILES string of the molecule is O=C(CCC1CCCO1)CNC1CCCC1. The molecule has 0 radical (unpaired) electrons. The van der Waals surface area contributed by atoms with Crippen molar-refractivity contribution in [2.45, 2.75) is 63.5 Å². The summed E-state index contributed by atoms with van der Waals surface area (Å²) in [7, 11) is 0. The van der Waals surface area contributed by atoms with Crippen molar-refractivity contribution in [3.05, 3.63) is 0 Å². The highest BCUT2D eigenvalue weighted by Crippen LogP contribution is 2.18. The van der Waals surface area contributed by atoms with Crippen LogP contribution in [0, 0.1) is 0 Å². The van der Waals surface area contributed by atoms with E-state index in [2.05, 4.69) is 5.32 Å². The molecule has 1 heterocycles. The molecule has 0 aromatic heterocycles. The van der Waals surface area contributed by atoms with Crippen LogP contribution in [0.15, 0.2) is 0 Å². The second-order valence-corrected chi connectivity index (χ2v) is 5.07. The van der Waals surface area contributed by atoms with Gasteiger partial charge < -0.3 is 10.1 Å². The van der Waals surface area contributed by atoms with E-state index in [1.54, 1.807) is 0 Å². The van der Waals surface area contributed by atoms with Gasteiger partial charge in [0.05, 0.1) is 12.6 Å². The van der Waals surface area contributed by atoms with Crippen molar-refractivity contribution in [3.63, 3.8) is 0 Å². The van der Waals surface area contributed by atoms with Crippen LogP contribution in [0.2, 0.25) is 0 Å². The number of carbonyl (C=O) groups is 1. The topological polar surface area (TPSA) is 38.3 Å². The minimum absolute atomic E-state index is 0.349. The highest BCUT2D eigenvalue weighted by Gasteiger charge is 2.18. The van der Waals surface area contributed by atoms with E-state index in [4.69, 9.17) is 4.74 Å². The van der Waals surface area contributed by atoms with Gasteiger partial charge in [-0.1, -0.05) is 12.8 Å². The molecule has 0 aromatic rings. The summed E-state index contributed by atoms with van der Waals surface area (Å²) in [5, 5.41) is 3.37. The van der Waals surface area contributed by atoms with Crippen LogP contribution in [-0.4, -0.2) is 31.1 Å². The quantitative estimate of drug-likeness (QED) is 0.752. The number of ether oxygens (including phenoxy) is 1. The third-order valence-electron chi connectivity index (χ3n) is 3.71. The molecule has 1 saturated heterocycles. The van der Waals surface area contributed by atoms with Crippen LogP contribution in [0.5, 0.6) is 0 Å². The minimum Gasteiger partial charge on any atom is -0.378 e. The van der Waals surface area contributed by atoms with E-state index in [0.29, 0.717) is 30.9 Å². The molecule has 1 unspecified atom stereocenters. The van der Waals surface area contributed by atoms with E-state index in [0.717, 1.165) is 19.4 Å². The minimum atomic E-state index is 0.349. The number of ketones is 1. The number of hydrogen-bond donors (Lipinski definition) is 1. The maximum absolute atomic E-state index is 11.6. The van der Waals surface area contributed by atoms with Gasteiger partial charge in [0, 0.05) is 19.1 Å². The Morgan fingerprint density at radius 1 is 1.19 bits per heavy atom. The van der Waals surface area contributed by atoms with Crippen LogP contribution in [-0.2, 0) is 9.53 Å². The van der Waals surface area contributed by atoms with Crippen LogP contribution in [0.1, 0.15) is 51.4 Å². The predicted octanol–water partition coefficient (Wildman–Crippen LogP) is 2.05. The van der Waals surface area contributed by atoms with Crippen LogP contribution < -0.4 is 5.32 Å². The van der Waals surface area contributed by atoms with Gasteiger partial charge >= 0.3 is 0 Å². The second kappa shape index (κ2) is 6.36. The Morgan fingerprint density at radius 3 is 2.69 bits per heavy atom. The standard InChI is InChI=1S/C13H23NO2/c15-12(7-8-13-6-3-9-16-13)10-14-11-4-1-2-5-11/h11,13-14H,1-10H2. The van der Waals surface area contributed by atoms with E-state index in [9.17, 15) is 4.79 Å². The summed E-state index contributed by atoms with van der Waals surface area (Å²) in [5.41, 5.74) is 0. The van der Waals surface area contributed by atoms with Crippen LogP contribution in [0.4, 0.5) is 0 Å². The number of Topliss-reactive ketones (excluding diaryl/α,β-unsaturated/α-hetero) is 1. The fourth-order valence-electron chi connectivity index (χ4n) is 2.67. The molecule has 0 amide bonds. The molecule has 2 aliphatic rings. The van der Waals surface area contributed by atoms with Crippen molar-refractivity contribution in [2.75, 3.05) is 13.2 Å². The van der Waals surface area contributed by atoms with E-state index in [1.807, 2.05) is 0 Å². The van der Waals surface area contributed by atoms with E-state index < -0.39 is 0 Å². The average Bonchev–Trinajstić information content (AvgIpc) is 2.96. The normalized spacial score (nSPS) is 26.4. The van der Waals surface area contributed by atoms with Gasteiger partial charge in [-0.3, -0.25) is 4.79 Å². The zero-order valence-electron chi connectivity index (χ0n) is 10.0. The largest absolute Gasteiger partial charge is 0.378 e. The predicted molar refractivity (Wildman–Crippen MR) is 63.5 cm³/mol. The van der Waals surface area contributed by atoms with Gasteiger partial charge in [0.15, 0.2) is 0 Å². The Hall–Kier alpha value is -0.410. The lowest BCUT2D eigenvalue weighted by atomic mass is 10.1. The zero-order valence-corrected chi connectivity index (χ0v) is 10.0. The number of hydrogen-bond acceptors (Lipinski definition) is 3. The molecule has 1 aliphatic heterocycles. The van der Waals surface area contributed by atoms with Crippen molar-refractivity contribution in [1.29, 1.82) is 0 Å². The fraction of sp³-hybridized carbons (Fsp3) is 0.923. The lowest BCUT2D eigenvalue weighted by Crippen LogP contribution is -2.31. The molecule has 3 heteroatoms. The first-order chi connectivity index (χ1) is 7.84. The fourth-order valence-corrected chi connectivity index (χ4v) is 2.67. The molecule has 1 atom stereocenters. The Labute approximate surface area is 97.9 Å². The zero-order chi connectivity index (χ0) is 11.2. The Bertz CT molecular complexity index is 196. The van der Waals surface area contributed by atoms with E-state index in [-0.39, 0.29) is 0 Å². The lowest BCUT2D eigenvalue weighted by Gasteiger charge is -2.12. The smallest absolute Gasteiger partial charge is 0.146 e. The van der Waals surface area contributed by atoms with Gasteiger partial charge in [-0.05, 0) is 32.1 Å². The average molecular weight is 225 g/mol. The second-order valence-electron chi connectivity index (χ2n) is 5.07. The van der Waals surface area contributed by atoms with Gasteiger partial charge in [0.1, 0.15) is 5.78 Å². The first kappa shape index (κ1) is 12.1. The molecule has 3 nitrogen and oxygen atoms in total. The number of rotatable bonds is 6. The van der Waals surface area contributed by atoms with E-state index in [1.165, 1.54) is 32.1 Å². The van der Waals surface area contributed by atoms with Gasteiger partial charge in [-0.2, -0.15) is 0 Å². The van der Waals surface area contributed by atoms with Crippen molar-refractivity contribution < 1.29 is 9.53 Å². The number of carbonyl (C=O) groups excluding carboxylic acids is 1. The summed E-state index contributed by atoms with van der Waals surface area (Å²) in [6, 6.07) is 0.603. The summed E-state index contributed by atoms with van der Waals surface area (Å²) < 4.78 is 5.51. The summed E-state index contributed by atoms with van der Waals surface area (Å²) in [6.07, 6.45) is 9.41. The lowest BCUT2D eigenvalue weighted by molar-refractivity contribution is -0.119. The first-order valence-corrected chi connectivity index (χ1v) is 6.71. The molecule has 0 bridgehead atoms.